The second-order valence-corrected chi connectivity index (χ2v) is 7.63. The lowest BCUT2D eigenvalue weighted by Gasteiger charge is -2.16. The first-order valence-corrected chi connectivity index (χ1v) is 10.9. The smallest absolute Gasteiger partial charge is 0.253 e. The van der Waals surface area contributed by atoms with Gasteiger partial charge < -0.3 is 10.6 Å². The van der Waals surface area contributed by atoms with Gasteiger partial charge in [0.2, 0.25) is 5.91 Å². The van der Waals surface area contributed by atoms with E-state index >= 15 is 0 Å². The summed E-state index contributed by atoms with van der Waals surface area (Å²) in [5, 5.41) is 5.79. The van der Waals surface area contributed by atoms with E-state index in [2.05, 4.69) is 10.6 Å². The molecule has 0 aliphatic heterocycles. The highest BCUT2D eigenvalue weighted by Gasteiger charge is 2.15. The van der Waals surface area contributed by atoms with Crippen molar-refractivity contribution in [3.05, 3.63) is 102 Å². The Bertz CT molecular complexity index is 1030. The van der Waals surface area contributed by atoms with Gasteiger partial charge in [0, 0.05) is 11.0 Å². The van der Waals surface area contributed by atoms with Crippen molar-refractivity contribution in [1.82, 2.24) is 5.32 Å². The van der Waals surface area contributed by atoms with Crippen LogP contribution in [0.5, 0.6) is 0 Å². The Morgan fingerprint density at radius 1 is 0.900 bits per heavy atom. The van der Waals surface area contributed by atoms with Crippen LogP contribution in [0.2, 0.25) is 0 Å². The zero-order valence-corrected chi connectivity index (χ0v) is 17.8. The van der Waals surface area contributed by atoms with Crippen LogP contribution in [-0.4, -0.2) is 18.1 Å². The van der Waals surface area contributed by atoms with Crippen molar-refractivity contribution in [3.63, 3.8) is 0 Å². The predicted octanol–water partition coefficient (Wildman–Crippen LogP) is 5.55. The summed E-state index contributed by atoms with van der Waals surface area (Å²) in [5.41, 5.74) is 2.85. The molecule has 3 aromatic rings. The van der Waals surface area contributed by atoms with E-state index in [9.17, 15) is 9.59 Å². The molecule has 0 unspecified atom stereocenters. The summed E-state index contributed by atoms with van der Waals surface area (Å²) in [4.78, 5) is 26.3. The first-order chi connectivity index (χ1) is 14.6. The monoisotopic (exact) mass is 416 g/mol. The molecule has 0 radical (unpaired) electrons. The van der Waals surface area contributed by atoms with Crippen LogP contribution in [0.4, 0.5) is 5.69 Å². The number of carbonyl (C=O) groups is 2. The Morgan fingerprint density at radius 3 is 2.27 bits per heavy atom. The second-order valence-electron chi connectivity index (χ2n) is 6.75. The molecule has 0 bridgehead atoms. The van der Waals surface area contributed by atoms with Gasteiger partial charge in [0.05, 0.1) is 17.3 Å². The van der Waals surface area contributed by atoms with Crippen molar-refractivity contribution in [2.45, 2.75) is 17.9 Å². The SMILES string of the molecule is CSc1ccc(C=CC(=O)Nc2ccccc2C(=O)N[C@H](C)c2ccccc2)cc1. The van der Waals surface area contributed by atoms with E-state index in [-0.39, 0.29) is 17.9 Å². The molecule has 4 nitrogen and oxygen atoms in total. The maximum Gasteiger partial charge on any atom is 0.253 e. The van der Waals surface area contributed by atoms with Crippen LogP contribution in [0.15, 0.2) is 89.8 Å². The number of rotatable bonds is 7. The van der Waals surface area contributed by atoms with Crippen LogP contribution in [0, 0.1) is 0 Å². The standard InChI is InChI=1S/C25H24N2O2S/c1-18(20-8-4-3-5-9-20)26-25(29)22-10-6-7-11-23(22)27-24(28)17-14-19-12-15-21(30-2)16-13-19/h3-18H,1-2H3,(H,26,29)(H,27,28)/t18-/m1/s1. The highest BCUT2D eigenvalue weighted by molar-refractivity contribution is 7.98. The van der Waals surface area contributed by atoms with E-state index in [0.29, 0.717) is 11.3 Å². The van der Waals surface area contributed by atoms with Gasteiger partial charge in [-0.3, -0.25) is 9.59 Å². The fourth-order valence-corrected chi connectivity index (χ4v) is 3.36. The third-order valence-corrected chi connectivity index (χ3v) is 5.36. The van der Waals surface area contributed by atoms with Crippen molar-refractivity contribution < 1.29 is 9.59 Å². The number of benzene rings is 3. The molecule has 0 aliphatic rings. The lowest BCUT2D eigenvalue weighted by Crippen LogP contribution is -2.27. The zero-order valence-electron chi connectivity index (χ0n) is 17.0. The average Bonchev–Trinajstić information content (AvgIpc) is 2.79. The summed E-state index contributed by atoms with van der Waals surface area (Å²) in [5.74, 6) is -0.529. The lowest BCUT2D eigenvalue weighted by molar-refractivity contribution is -0.111. The molecule has 0 aliphatic carbocycles. The van der Waals surface area contributed by atoms with Crippen molar-refractivity contribution >= 4 is 35.3 Å². The Kier molecular flexibility index (Phi) is 7.46. The van der Waals surface area contributed by atoms with Crippen molar-refractivity contribution in [1.29, 1.82) is 0 Å². The van der Waals surface area contributed by atoms with E-state index in [1.54, 1.807) is 42.1 Å². The van der Waals surface area contributed by atoms with Gasteiger partial charge in [0.15, 0.2) is 0 Å². The number of thioether (sulfide) groups is 1. The number of hydrogen-bond donors (Lipinski definition) is 2. The van der Waals surface area contributed by atoms with E-state index in [4.69, 9.17) is 0 Å². The minimum atomic E-state index is -0.291. The Hall–Kier alpha value is -3.31. The number of anilines is 1. The molecule has 5 heteroatoms. The van der Waals surface area contributed by atoms with E-state index in [0.717, 1.165) is 11.1 Å². The first-order valence-electron chi connectivity index (χ1n) is 9.65. The number of para-hydroxylation sites is 1. The molecule has 0 saturated carbocycles. The van der Waals surface area contributed by atoms with Crippen LogP contribution in [0.3, 0.4) is 0 Å². The van der Waals surface area contributed by atoms with E-state index < -0.39 is 0 Å². The maximum absolute atomic E-state index is 12.8. The topological polar surface area (TPSA) is 58.2 Å². The van der Waals surface area contributed by atoms with Crippen molar-refractivity contribution in [2.75, 3.05) is 11.6 Å². The molecule has 0 spiro atoms. The number of nitrogens with one attached hydrogen (secondary N) is 2. The fourth-order valence-electron chi connectivity index (χ4n) is 2.95. The minimum absolute atomic E-state index is 0.147. The summed E-state index contributed by atoms with van der Waals surface area (Å²) in [6.45, 7) is 1.93. The van der Waals surface area contributed by atoms with Crippen molar-refractivity contribution in [3.8, 4) is 0 Å². The van der Waals surface area contributed by atoms with Gasteiger partial charge in [-0.2, -0.15) is 0 Å². The largest absolute Gasteiger partial charge is 0.345 e. The molecule has 3 rings (SSSR count). The molecule has 30 heavy (non-hydrogen) atoms. The molecule has 0 aromatic heterocycles. The summed E-state index contributed by atoms with van der Waals surface area (Å²) in [7, 11) is 0. The van der Waals surface area contributed by atoms with Gasteiger partial charge in [-0.1, -0.05) is 54.6 Å². The summed E-state index contributed by atoms with van der Waals surface area (Å²) in [6, 6.07) is 24.5. The molecule has 0 heterocycles. The van der Waals surface area contributed by atoms with E-state index in [1.807, 2.05) is 67.8 Å². The molecule has 0 fully saturated rings. The third-order valence-electron chi connectivity index (χ3n) is 4.62. The van der Waals surface area contributed by atoms with Gasteiger partial charge in [0.25, 0.3) is 5.91 Å². The van der Waals surface area contributed by atoms with Crippen LogP contribution in [0.25, 0.3) is 6.08 Å². The molecule has 1 atom stereocenters. The van der Waals surface area contributed by atoms with Gasteiger partial charge in [0.1, 0.15) is 0 Å². The Balaban J connectivity index is 1.67. The maximum atomic E-state index is 12.8. The molecule has 2 amide bonds. The fraction of sp³-hybridized carbons (Fsp3) is 0.120. The summed E-state index contributed by atoms with van der Waals surface area (Å²) < 4.78 is 0. The number of amides is 2. The predicted molar refractivity (Wildman–Crippen MR) is 125 cm³/mol. The highest BCUT2D eigenvalue weighted by atomic mass is 32.2. The Morgan fingerprint density at radius 2 is 1.57 bits per heavy atom. The molecular formula is C25H24N2O2S. The molecule has 3 aromatic carbocycles. The van der Waals surface area contributed by atoms with Crippen molar-refractivity contribution in [2.24, 2.45) is 0 Å². The van der Waals surface area contributed by atoms with E-state index in [1.165, 1.54) is 11.0 Å². The number of carbonyl (C=O) groups excluding carboxylic acids is 2. The quantitative estimate of drug-likeness (QED) is 0.392. The third kappa shape index (κ3) is 5.84. The van der Waals surface area contributed by atoms with Gasteiger partial charge in [-0.25, -0.2) is 0 Å². The van der Waals surface area contributed by atoms with Crippen LogP contribution >= 0.6 is 11.8 Å². The molecule has 2 N–H and O–H groups in total. The average molecular weight is 417 g/mol. The Labute approximate surface area is 181 Å². The molecule has 152 valence electrons. The van der Waals surface area contributed by atoms with Crippen LogP contribution < -0.4 is 10.6 Å². The first kappa shape index (κ1) is 21.4. The highest BCUT2D eigenvalue weighted by Crippen LogP contribution is 2.19. The van der Waals surface area contributed by atoms with Gasteiger partial charge in [-0.15, -0.1) is 11.8 Å². The number of hydrogen-bond acceptors (Lipinski definition) is 3. The van der Waals surface area contributed by atoms with Crippen LogP contribution in [-0.2, 0) is 4.79 Å². The van der Waals surface area contributed by atoms with Gasteiger partial charge in [-0.05, 0) is 54.6 Å². The molecular weight excluding hydrogens is 392 g/mol. The minimum Gasteiger partial charge on any atom is -0.345 e. The summed E-state index contributed by atoms with van der Waals surface area (Å²) in [6.07, 6.45) is 5.24. The zero-order chi connectivity index (χ0) is 21.3. The molecule has 0 saturated heterocycles. The summed E-state index contributed by atoms with van der Waals surface area (Å²) >= 11 is 1.67. The second kappa shape index (κ2) is 10.5. The lowest BCUT2D eigenvalue weighted by atomic mass is 10.1. The van der Waals surface area contributed by atoms with Gasteiger partial charge >= 0.3 is 0 Å². The normalized spacial score (nSPS) is 11.8. The van der Waals surface area contributed by atoms with Crippen LogP contribution in [0.1, 0.15) is 34.5 Å².